The molecule has 3 nitrogen and oxygen atoms in total. The third kappa shape index (κ3) is 3.23. The van der Waals surface area contributed by atoms with Crippen molar-refractivity contribution in [3.8, 4) is 17.6 Å². The van der Waals surface area contributed by atoms with E-state index in [1.54, 1.807) is 31.4 Å². The number of hydrogen-bond acceptors (Lipinski definition) is 3. The summed E-state index contributed by atoms with van der Waals surface area (Å²) in [4.78, 5) is 0. The fraction of sp³-hybridized carbons (Fsp3) is 0.133. The minimum Gasteiger partial charge on any atom is -0.497 e. The van der Waals surface area contributed by atoms with E-state index in [2.05, 4.69) is 0 Å². The van der Waals surface area contributed by atoms with Crippen LogP contribution in [0.4, 0.5) is 4.39 Å². The van der Waals surface area contributed by atoms with Crippen LogP contribution in [-0.4, -0.2) is 7.11 Å². The molecule has 0 aliphatic heterocycles. The number of ether oxygens (including phenoxy) is 2. The summed E-state index contributed by atoms with van der Waals surface area (Å²) < 4.78 is 23.8. The number of nitrogens with zero attached hydrogens (tertiary/aromatic N) is 1. The lowest BCUT2D eigenvalue weighted by molar-refractivity contribution is 0.303. The monoisotopic (exact) mass is 257 g/mol. The minimum absolute atomic E-state index is 0.0201. The second kappa shape index (κ2) is 5.87. The van der Waals surface area contributed by atoms with Crippen molar-refractivity contribution in [3.63, 3.8) is 0 Å². The lowest BCUT2D eigenvalue weighted by atomic mass is 10.1. The summed E-state index contributed by atoms with van der Waals surface area (Å²) in [6.45, 7) is 0.266. The van der Waals surface area contributed by atoms with Crippen LogP contribution >= 0.6 is 0 Å². The molecule has 0 fully saturated rings. The van der Waals surface area contributed by atoms with E-state index in [4.69, 9.17) is 14.7 Å². The Bertz CT molecular complexity index is 620. The van der Waals surface area contributed by atoms with E-state index in [0.29, 0.717) is 11.5 Å². The first-order valence-electron chi connectivity index (χ1n) is 5.68. The Balaban J connectivity index is 2.08. The van der Waals surface area contributed by atoms with Gasteiger partial charge in [0.1, 0.15) is 30.0 Å². The fourth-order valence-electron chi connectivity index (χ4n) is 1.61. The molecular formula is C15H12FNO2. The molecule has 0 aromatic heterocycles. The van der Waals surface area contributed by atoms with E-state index in [-0.39, 0.29) is 12.2 Å². The van der Waals surface area contributed by atoms with Gasteiger partial charge in [0.15, 0.2) is 0 Å². The van der Waals surface area contributed by atoms with Crippen molar-refractivity contribution in [2.45, 2.75) is 6.61 Å². The van der Waals surface area contributed by atoms with Crippen LogP contribution < -0.4 is 9.47 Å². The SMILES string of the molecule is COc1cccc(OCc2ccc(F)c(C#N)c2)c1. The molecule has 0 aliphatic rings. The first-order chi connectivity index (χ1) is 9.22. The van der Waals surface area contributed by atoms with Crippen LogP contribution in [0, 0.1) is 17.1 Å². The number of halogens is 1. The maximum absolute atomic E-state index is 13.2. The smallest absolute Gasteiger partial charge is 0.140 e. The summed E-state index contributed by atoms with van der Waals surface area (Å²) in [7, 11) is 1.58. The van der Waals surface area contributed by atoms with Gasteiger partial charge < -0.3 is 9.47 Å². The Morgan fingerprint density at radius 1 is 1.16 bits per heavy atom. The predicted octanol–water partition coefficient (Wildman–Crippen LogP) is 3.28. The molecule has 0 saturated carbocycles. The molecule has 0 unspecified atom stereocenters. The molecule has 0 bridgehead atoms. The average Bonchev–Trinajstić information content (AvgIpc) is 2.46. The van der Waals surface area contributed by atoms with Gasteiger partial charge in [-0.05, 0) is 29.8 Å². The van der Waals surface area contributed by atoms with Gasteiger partial charge in [-0.25, -0.2) is 4.39 Å². The van der Waals surface area contributed by atoms with E-state index in [1.807, 2.05) is 12.1 Å². The van der Waals surface area contributed by atoms with Gasteiger partial charge in [0, 0.05) is 6.07 Å². The lowest BCUT2D eigenvalue weighted by Gasteiger charge is -2.08. The van der Waals surface area contributed by atoms with Gasteiger partial charge in [-0.2, -0.15) is 5.26 Å². The fourth-order valence-corrected chi connectivity index (χ4v) is 1.61. The van der Waals surface area contributed by atoms with Crippen LogP contribution in [0.5, 0.6) is 11.5 Å². The summed E-state index contributed by atoms with van der Waals surface area (Å²) in [6, 6.07) is 13.3. The Labute approximate surface area is 110 Å². The van der Waals surface area contributed by atoms with Crippen molar-refractivity contribution in [1.29, 1.82) is 5.26 Å². The first kappa shape index (κ1) is 12.9. The third-order valence-corrected chi connectivity index (χ3v) is 2.60. The van der Waals surface area contributed by atoms with Crippen LogP contribution in [0.1, 0.15) is 11.1 Å². The van der Waals surface area contributed by atoms with Crippen molar-refractivity contribution in [1.82, 2.24) is 0 Å². The number of nitriles is 1. The van der Waals surface area contributed by atoms with Crippen molar-refractivity contribution < 1.29 is 13.9 Å². The molecule has 0 radical (unpaired) electrons. The Morgan fingerprint density at radius 3 is 2.68 bits per heavy atom. The molecule has 4 heteroatoms. The summed E-state index contributed by atoms with van der Waals surface area (Å²) in [5, 5.41) is 8.75. The molecule has 0 atom stereocenters. The van der Waals surface area contributed by atoms with Crippen molar-refractivity contribution >= 4 is 0 Å². The molecule has 0 amide bonds. The number of hydrogen-bond donors (Lipinski definition) is 0. The van der Waals surface area contributed by atoms with Crippen LogP contribution in [0.3, 0.4) is 0 Å². The van der Waals surface area contributed by atoms with Gasteiger partial charge in [-0.15, -0.1) is 0 Å². The highest BCUT2D eigenvalue weighted by atomic mass is 19.1. The summed E-state index contributed by atoms with van der Waals surface area (Å²) in [5.74, 6) is 0.837. The standard InChI is InChI=1S/C15H12FNO2/c1-18-13-3-2-4-14(8-13)19-10-11-5-6-15(16)12(7-11)9-17/h2-8H,10H2,1H3. The zero-order valence-electron chi connectivity index (χ0n) is 10.4. The highest BCUT2D eigenvalue weighted by molar-refractivity contribution is 5.35. The van der Waals surface area contributed by atoms with Gasteiger partial charge in [0.2, 0.25) is 0 Å². The molecular weight excluding hydrogens is 245 g/mol. The van der Waals surface area contributed by atoms with Gasteiger partial charge in [-0.3, -0.25) is 0 Å². The van der Waals surface area contributed by atoms with Crippen molar-refractivity contribution in [3.05, 3.63) is 59.4 Å². The van der Waals surface area contributed by atoms with E-state index >= 15 is 0 Å². The highest BCUT2D eigenvalue weighted by Gasteiger charge is 2.03. The number of methoxy groups -OCH3 is 1. The second-order valence-electron chi connectivity index (χ2n) is 3.89. The van der Waals surface area contributed by atoms with Crippen LogP contribution in [0.2, 0.25) is 0 Å². The largest absolute Gasteiger partial charge is 0.497 e. The van der Waals surface area contributed by atoms with E-state index in [1.165, 1.54) is 12.1 Å². The third-order valence-electron chi connectivity index (χ3n) is 2.60. The Hall–Kier alpha value is -2.54. The normalized spacial score (nSPS) is 9.74. The summed E-state index contributed by atoms with van der Waals surface area (Å²) in [6.07, 6.45) is 0. The molecule has 2 rings (SSSR count). The Morgan fingerprint density at radius 2 is 1.95 bits per heavy atom. The maximum Gasteiger partial charge on any atom is 0.140 e. The minimum atomic E-state index is -0.521. The molecule has 0 spiro atoms. The zero-order valence-corrected chi connectivity index (χ0v) is 10.4. The lowest BCUT2D eigenvalue weighted by Crippen LogP contribution is -1.97. The van der Waals surface area contributed by atoms with Crippen molar-refractivity contribution in [2.75, 3.05) is 7.11 Å². The molecule has 2 aromatic carbocycles. The summed E-state index contributed by atoms with van der Waals surface area (Å²) >= 11 is 0. The maximum atomic E-state index is 13.2. The van der Waals surface area contributed by atoms with Gasteiger partial charge in [0.25, 0.3) is 0 Å². The zero-order chi connectivity index (χ0) is 13.7. The molecule has 2 aromatic rings. The topological polar surface area (TPSA) is 42.2 Å². The Kier molecular flexibility index (Phi) is 3.99. The second-order valence-corrected chi connectivity index (χ2v) is 3.89. The molecule has 19 heavy (non-hydrogen) atoms. The van der Waals surface area contributed by atoms with Gasteiger partial charge >= 0.3 is 0 Å². The first-order valence-corrected chi connectivity index (χ1v) is 5.68. The average molecular weight is 257 g/mol. The van der Waals surface area contributed by atoms with E-state index in [0.717, 1.165) is 5.56 Å². The van der Waals surface area contributed by atoms with Crippen LogP contribution in [-0.2, 0) is 6.61 Å². The predicted molar refractivity (Wildman–Crippen MR) is 68.4 cm³/mol. The molecule has 0 N–H and O–H groups in total. The highest BCUT2D eigenvalue weighted by Crippen LogP contribution is 2.20. The van der Waals surface area contributed by atoms with Gasteiger partial charge in [-0.1, -0.05) is 12.1 Å². The van der Waals surface area contributed by atoms with E-state index in [9.17, 15) is 4.39 Å². The summed E-state index contributed by atoms with van der Waals surface area (Å²) in [5.41, 5.74) is 0.757. The van der Waals surface area contributed by atoms with Crippen LogP contribution in [0.15, 0.2) is 42.5 Å². The molecule has 0 saturated heterocycles. The molecule has 0 heterocycles. The quantitative estimate of drug-likeness (QED) is 0.844. The number of benzene rings is 2. The molecule has 96 valence electrons. The number of rotatable bonds is 4. The van der Waals surface area contributed by atoms with Crippen LogP contribution in [0.25, 0.3) is 0 Å². The van der Waals surface area contributed by atoms with E-state index < -0.39 is 5.82 Å². The molecule has 0 aliphatic carbocycles. The van der Waals surface area contributed by atoms with Crippen molar-refractivity contribution in [2.24, 2.45) is 0 Å². The van der Waals surface area contributed by atoms with Gasteiger partial charge in [0.05, 0.1) is 12.7 Å².